The van der Waals surface area contributed by atoms with Crippen LogP contribution in [0.3, 0.4) is 0 Å². The Morgan fingerprint density at radius 3 is 3.00 bits per heavy atom. The van der Waals surface area contributed by atoms with Crippen LogP contribution in [0, 0.1) is 6.92 Å². The first kappa shape index (κ1) is 12.4. The van der Waals surface area contributed by atoms with Gasteiger partial charge in [-0.3, -0.25) is 0 Å². The lowest BCUT2D eigenvalue weighted by molar-refractivity contribution is 0.0727. The molecular weight excluding hydrogens is 260 g/mol. The van der Waals surface area contributed by atoms with Crippen molar-refractivity contribution < 1.29 is 9.84 Å². The minimum Gasteiger partial charge on any atom is -0.389 e. The van der Waals surface area contributed by atoms with Crippen LogP contribution in [0.5, 0.6) is 0 Å². The number of aliphatic hydroxyl groups excluding tert-OH is 1. The number of aryl methyl sites for hydroxylation is 1. The average molecular weight is 275 g/mol. The summed E-state index contributed by atoms with van der Waals surface area (Å²) in [7, 11) is 1.56. The highest BCUT2D eigenvalue weighted by Gasteiger charge is 2.04. The fraction of sp³-hybridized carbons (Fsp3) is 0.500. The lowest BCUT2D eigenvalue weighted by Crippen LogP contribution is -2.24. The van der Waals surface area contributed by atoms with E-state index < -0.39 is 6.10 Å². The van der Waals surface area contributed by atoms with E-state index in [0.717, 1.165) is 15.9 Å². The van der Waals surface area contributed by atoms with E-state index in [4.69, 9.17) is 4.74 Å². The van der Waals surface area contributed by atoms with E-state index in [1.54, 1.807) is 13.3 Å². The molecule has 4 nitrogen and oxygen atoms in total. The Labute approximate surface area is 97.8 Å². The Hall–Kier alpha value is -0.650. The Balaban J connectivity index is 2.47. The summed E-state index contributed by atoms with van der Waals surface area (Å²) in [6, 6.07) is 1.92. The van der Waals surface area contributed by atoms with E-state index in [-0.39, 0.29) is 0 Å². The number of ether oxygens (including phenoxy) is 1. The Kier molecular flexibility index (Phi) is 5.01. The van der Waals surface area contributed by atoms with Gasteiger partial charge in [0.15, 0.2) is 0 Å². The normalized spacial score (nSPS) is 12.5. The van der Waals surface area contributed by atoms with Crippen molar-refractivity contribution in [3.8, 4) is 0 Å². The number of aromatic nitrogens is 1. The van der Waals surface area contributed by atoms with Crippen LogP contribution < -0.4 is 5.32 Å². The van der Waals surface area contributed by atoms with Crippen molar-refractivity contribution >= 4 is 21.7 Å². The van der Waals surface area contributed by atoms with Gasteiger partial charge in [-0.2, -0.15) is 0 Å². The van der Waals surface area contributed by atoms with Gasteiger partial charge in [0.25, 0.3) is 0 Å². The number of methoxy groups -OCH3 is 1. The summed E-state index contributed by atoms with van der Waals surface area (Å²) in [4.78, 5) is 4.16. The molecule has 5 heteroatoms. The van der Waals surface area contributed by atoms with Crippen LogP contribution in [-0.2, 0) is 4.74 Å². The average Bonchev–Trinajstić information content (AvgIpc) is 2.20. The van der Waals surface area contributed by atoms with Crippen molar-refractivity contribution in [1.82, 2.24) is 4.98 Å². The molecule has 0 aromatic carbocycles. The lowest BCUT2D eigenvalue weighted by atomic mass is 10.3. The largest absolute Gasteiger partial charge is 0.389 e. The predicted octanol–water partition coefficient (Wildman–Crippen LogP) is 1.57. The van der Waals surface area contributed by atoms with Crippen LogP contribution in [0.4, 0.5) is 5.82 Å². The molecule has 1 heterocycles. The first-order valence-corrected chi connectivity index (χ1v) is 5.45. The maximum absolute atomic E-state index is 9.41. The molecule has 1 aromatic heterocycles. The first-order chi connectivity index (χ1) is 7.13. The highest BCUT2D eigenvalue weighted by molar-refractivity contribution is 9.10. The quantitative estimate of drug-likeness (QED) is 0.856. The highest BCUT2D eigenvalue weighted by Crippen LogP contribution is 2.16. The molecule has 0 spiro atoms. The Morgan fingerprint density at radius 2 is 2.40 bits per heavy atom. The van der Waals surface area contributed by atoms with Gasteiger partial charge >= 0.3 is 0 Å². The highest BCUT2D eigenvalue weighted by atomic mass is 79.9. The third kappa shape index (κ3) is 4.15. The molecule has 1 rings (SSSR count). The van der Waals surface area contributed by atoms with Crippen molar-refractivity contribution in [2.75, 3.05) is 25.6 Å². The fourth-order valence-corrected chi connectivity index (χ4v) is 1.33. The Bertz CT molecular complexity index is 320. The topological polar surface area (TPSA) is 54.4 Å². The molecule has 0 saturated heterocycles. The van der Waals surface area contributed by atoms with Crippen LogP contribution in [0.1, 0.15) is 5.56 Å². The van der Waals surface area contributed by atoms with E-state index in [9.17, 15) is 5.11 Å². The molecule has 0 aliphatic rings. The molecule has 0 fully saturated rings. The lowest BCUT2D eigenvalue weighted by Gasteiger charge is -2.11. The summed E-state index contributed by atoms with van der Waals surface area (Å²) in [6.45, 7) is 2.74. The molecule has 0 saturated carbocycles. The molecule has 84 valence electrons. The van der Waals surface area contributed by atoms with E-state index in [1.807, 2.05) is 13.0 Å². The number of pyridine rings is 1. The molecule has 0 aliphatic carbocycles. The number of rotatable bonds is 5. The monoisotopic (exact) mass is 274 g/mol. The zero-order valence-corrected chi connectivity index (χ0v) is 10.4. The number of anilines is 1. The van der Waals surface area contributed by atoms with E-state index in [2.05, 4.69) is 26.2 Å². The van der Waals surface area contributed by atoms with Gasteiger partial charge in [0.2, 0.25) is 0 Å². The number of nitrogens with one attached hydrogen (secondary N) is 1. The van der Waals surface area contributed by atoms with Crippen molar-refractivity contribution in [3.63, 3.8) is 0 Å². The van der Waals surface area contributed by atoms with Crippen LogP contribution in [0.15, 0.2) is 16.7 Å². The third-order valence-corrected chi connectivity index (χ3v) is 2.75. The van der Waals surface area contributed by atoms with Crippen LogP contribution in [-0.4, -0.2) is 36.5 Å². The molecule has 1 unspecified atom stereocenters. The van der Waals surface area contributed by atoms with Gasteiger partial charge in [-0.15, -0.1) is 0 Å². The molecule has 15 heavy (non-hydrogen) atoms. The summed E-state index contributed by atoms with van der Waals surface area (Å²) >= 11 is 3.37. The molecular formula is C10H15BrN2O2. The second-order valence-electron chi connectivity index (χ2n) is 3.31. The van der Waals surface area contributed by atoms with Gasteiger partial charge in [-0.1, -0.05) is 0 Å². The van der Waals surface area contributed by atoms with Crippen molar-refractivity contribution in [1.29, 1.82) is 0 Å². The van der Waals surface area contributed by atoms with Crippen molar-refractivity contribution in [3.05, 3.63) is 22.3 Å². The van der Waals surface area contributed by atoms with Crippen LogP contribution in [0.2, 0.25) is 0 Å². The van der Waals surface area contributed by atoms with Crippen molar-refractivity contribution in [2.45, 2.75) is 13.0 Å². The number of hydrogen-bond acceptors (Lipinski definition) is 4. The third-order valence-electron chi connectivity index (χ3n) is 1.92. The van der Waals surface area contributed by atoms with E-state index in [1.165, 1.54) is 0 Å². The van der Waals surface area contributed by atoms with Crippen LogP contribution >= 0.6 is 15.9 Å². The minimum absolute atomic E-state index is 0.322. The van der Waals surface area contributed by atoms with Crippen LogP contribution in [0.25, 0.3) is 0 Å². The van der Waals surface area contributed by atoms with Gasteiger partial charge in [-0.25, -0.2) is 4.98 Å². The molecule has 0 amide bonds. The molecule has 0 radical (unpaired) electrons. The fourth-order valence-electron chi connectivity index (χ4n) is 1.11. The maximum Gasteiger partial charge on any atom is 0.126 e. The summed E-state index contributed by atoms with van der Waals surface area (Å²) in [5.74, 6) is 0.755. The molecule has 0 bridgehead atoms. The zero-order valence-electron chi connectivity index (χ0n) is 8.83. The van der Waals surface area contributed by atoms with Gasteiger partial charge < -0.3 is 15.2 Å². The number of nitrogens with zero attached hydrogens (tertiary/aromatic N) is 1. The van der Waals surface area contributed by atoms with E-state index in [0.29, 0.717) is 13.2 Å². The summed E-state index contributed by atoms with van der Waals surface area (Å²) in [6.07, 6.45) is 1.22. The second-order valence-corrected chi connectivity index (χ2v) is 4.16. The first-order valence-electron chi connectivity index (χ1n) is 4.66. The predicted molar refractivity (Wildman–Crippen MR) is 63.0 cm³/mol. The Morgan fingerprint density at radius 1 is 1.67 bits per heavy atom. The molecule has 0 aliphatic heterocycles. The summed E-state index contributed by atoms with van der Waals surface area (Å²) in [5, 5.41) is 12.4. The molecule has 2 N–H and O–H groups in total. The SMILES string of the molecule is COCC(O)CNc1cc(C)c(Br)cn1. The standard InChI is InChI=1S/C10H15BrN2O2/c1-7-3-10(13-5-9(7)11)12-4-8(14)6-15-2/h3,5,8,14H,4,6H2,1-2H3,(H,12,13). The summed E-state index contributed by atoms with van der Waals surface area (Å²) in [5.41, 5.74) is 1.11. The summed E-state index contributed by atoms with van der Waals surface area (Å²) < 4.78 is 5.79. The zero-order chi connectivity index (χ0) is 11.3. The van der Waals surface area contributed by atoms with E-state index >= 15 is 0 Å². The second kappa shape index (κ2) is 6.05. The van der Waals surface area contributed by atoms with Gasteiger partial charge in [0.05, 0.1) is 12.7 Å². The smallest absolute Gasteiger partial charge is 0.126 e. The number of hydrogen-bond donors (Lipinski definition) is 2. The minimum atomic E-state index is -0.513. The maximum atomic E-state index is 9.41. The van der Waals surface area contributed by atoms with Gasteiger partial charge in [0, 0.05) is 24.3 Å². The number of halogens is 1. The molecule has 1 atom stereocenters. The molecule has 1 aromatic rings. The van der Waals surface area contributed by atoms with Gasteiger partial charge in [0.1, 0.15) is 5.82 Å². The van der Waals surface area contributed by atoms with Crippen molar-refractivity contribution in [2.24, 2.45) is 0 Å². The van der Waals surface area contributed by atoms with Gasteiger partial charge in [-0.05, 0) is 34.5 Å². The number of aliphatic hydroxyl groups is 1.